The fraction of sp³-hybridized carbons (Fsp3) is 0.556. The monoisotopic (exact) mass is 397 g/mol. The average molecular weight is 398 g/mol. The van der Waals surface area contributed by atoms with Gasteiger partial charge in [-0.15, -0.1) is 0 Å². The number of carbonyl (C=O) groups excluding carboxylic acids is 1. The molecule has 1 aliphatic heterocycles. The molecule has 24 heavy (non-hydrogen) atoms. The van der Waals surface area contributed by atoms with Crippen LogP contribution in [0.1, 0.15) is 44.1 Å². The number of carbonyl (C=O) groups is 2. The number of carboxylic acid groups (broad SMARTS) is 1. The molecule has 0 aliphatic carbocycles. The van der Waals surface area contributed by atoms with E-state index >= 15 is 0 Å². The number of carboxylic acids is 1. The normalized spacial score (nSPS) is 17.6. The molecule has 1 fully saturated rings. The van der Waals surface area contributed by atoms with Gasteiger partial charge in [-0.1, -0.05) is 6.07 Å². The molecule has 1 atom stereocenters. The molecule has 5 nitrogen and oxygen atoms in total. The number of ether oxygens (including phenoxy) is 1. The van der Waals surface area contributed by atoms with Gasteiger partial charge >= 0.3 is 5.97 Å². The van der Waals surface area contributed by atoms with Crippen LogP contribution in [-0.2, 0) is 16.0 Å². The van der Waals surface area contributed by atoms with E-state index in [0.717, 1.165) is 41.6 Å². The Balaban J connectivity index is 1.92. The number of rotatable bonds is 7. The third kappa shape index (κ3) is 5.23. The lowest BCUT2D eigenvalue weighted by Crippen LogP contribution is -2.44. The lowest BCUT2D eigenvalue weighted by molar-refractivity contribution is -0.140. The molecule has 1 aromatic rings. The van der Waals surface area contributed by atoms with Crippen molar-refractivity contribution in [2.45, 2.75) is 51.0 Å². The quantitative estimate of drug-likeness (QED) is 0.762. The van der Waals surface area contributed by atoms with Crippen LogP contribution >= 0.6 is 15.9 Å². The maximum Gasteiger partial charge on any atom is 0.303 e. The van der Waals surface area contributed by atoms with Crippen LogP contribution < -0.4 is 4.74 Å². The summed E-state index contributed by atoms with van der Waals surface area (Å²) in [5, 5.41) is 8.87. The molecule has 1 saturated heterocycles. The zero-order valence-electron chi connectivity index (χ0n) is 14.0. The lowest BCUT2D eigenvalue weighted by atomic mass is 9.97. The first-order valence-electron chi connectivity index (χ1n) is 8.35. The molecule has 132 valence electrons. The number of nitrogens with zero attached hydrogens (tertiary/aromatic N) is 1. The fourth-order valence-corrected chi connectivity index (χ4v) is 3.77. The van der Waals surface area contributed by atoms with Crippen LogP contribution in [0.25, 0.3) is 0 Å². The van der Waals surface area contributed by atoms with Crippen LogP contribution in [0, 0.1) is 0 Å². The number of halogens is 1. The zero-order valence-corrected chi connectivity index (χ0v) is 15.5. The number of benzene rings is 1. The van der Waals surface area contributed by atoms with Crippen molar-refractivity contribution < 1.29 is 19.4 Å². The fourth-order valence-electron chi connectivity index (χ4n) is 3.18. The van der Waals surface area contributed by atoms with E-state index < -0.39 is 5.97 Å². The van der Waals surface area contributed by atoms with Gasteiger partial charge in [0.2, 0.25) is 5.91 Å². The predicted octanol–water partition coefficient (Wildman–Crippen LogP) is 3.64. The van der Waals surface area contributed by atoms with Crippen molar-refractivity contribution in [1.82, 2.24) is 4.90 Å². The Morgan fingerprint density at radius 1 is 1.33 bits per heavy atom. The molecular formula is C18H24BrNO4. The van der Waals surface area contributed by atoms with E-state index in [1.165, 1.54) is 0 Å². The van der Waals surface area contributed by atoms with Crippen molar-refractivity contribution in [3.05, 3.63) is 28.2 Å². The maximum atomic E-state index is 12.6. The SMILES string of the molecule is COc1ccc(CCC(=O)N2CCCCC2CCC(=O)O)cc1Br. The number of amides is 1. The molecule has 1 aromatic carbocycles. The van der Waals surface area contributed by atoms with Crippen molar-refractivity contribution in [3.63, 3.8) is 0 Å². The van der Waals surface area contributed by atoms with Crippen LogP contribution in [-0.4, -0.2) is 41.6 Å². The summed E-state index contributed by atoms with van der Waals surface area (Å²) in [6.07, 6.45) is 4.77. The number of methoxy groups -OCH3 is 1. The second-order valence-corrected chi connectivity index (χ2v) is 6.99. The van der Waals surface area contributed by atoms with Gasteiger partial charge in [0.1, 0.15) is 5.75 Å². The standard InChI is InChI=1S/C18H24BrNO4/c1-24-16-8-5-13(12-15(16)19)6-9-17(21)20-11-3-2-4-14(20)7-10-18(22)23/h5,8,12,14H,2-4,6-7,9-11H2,1H3,(H,22,23). The van der Waals surface area contributed by atoms with Crippen molar-refractivity contribution in [2.75, 3.05) is 13.7 Å². The van der Waals surface area contributed by atoms with Crippen molar-refractivity contribution in [2.24, 2.45) is 0 Å². The summed E-state index contributed by atoms with van der Waals surface area (Å²) in [4.78, 5) is 25.3. The van der Waals surface area contributed by atoms with Gasteiger partial charge in [0.15, 0.2) is 0 Å². The molecule has 1 aliphatic rings. The van der Waals surface area contributed by atoms with E-state index in [0.29, 0.717) is 19.3 Å². The van der Waals surface area contributed by atoms with E-state index in [1.54, 1.807) is 7.11 Å². The number of hydrogen-bond acceptors (Lipinski definition) is 3. The Bertz CT molecular complexity index is 590. The lowest BCUT2D eigenvalue weighted by Gasteiger charge is -2.35. The highest BCUT2D eigenvalue weighted by Crippen LogP contribution is 2.27. The Hall–Kier alpha value is -1.56. The minimum atomic E-state index is -0.795. The maximum absolute atomic E-state index is 12.6. The first-order valence-corrected chi connectivity index (χ1v) is 9.14. The van der Waals surface area contributed by atoms with Crippen LogP contribution in [0.3, 0.4) is 0 Å². The molecule has 0 saturated carbocycles. The summed E-state index contributed by atoms with van der Waals surface area (Å²) in [5.74, 6) is 0.0999. The number of piperidine rings is 1. The third-order valence-corrected chi connectivity index (χ3v) is 5.10. The van der Waals surface area contributed by atoms with Crippen LogP contribution in [0.5, 0.6) is 5.75 Å². The highest BCUT2D eigenvalue weighted by molar-refractivity contribution is 9.10. The summed E-state index contributed by atoms with van der Waals surface area (Å²) in [7, 11) is 1.62. The van der Waals surface area contributed by atoms with Gasteiger partial charge in [0, 0.05) is 25.4 Å². The Labute approximate surface area is 151 Å². The minimum Gasteiger partial charge on any atom is -0.496 e. The van der Waals surface area contributed by atoms with Gasteiger partial charge in [-0.3, -0.25) is 9.59 Å². The van der Waals surface area contributed by atoms with Crippen molar-refractivity contribution in [1.29, 1.82) is 0 Å². The first kappa shape index (κ1) is 18.8. The topological polar surface area (TPSA) is 66.8 Å². The van der Waals surface area contributed by atoms with E-state index in [1.807, 2.05) is 23.1 Å². The molecule has 0 bridgehead atoms. The van der Waals surface area contributed by atoms with Crippen molar-refractivity contribution >= 4 is 27.8 Å². The van der Waals surface area contributed by atoms with Gasteiger partial charge in [-0.05, 0) is 65.7 Å². The van der Waals surface area contributed by atoms with Crippen LogP contribution in [0.4, 0.5) is 0 Å². The van der Waals surface area contributed by atoms with Crippen LogP contribution in [0.2, 0.25) is 0 Å². The predicted molar refractivity (Wildman–Crippen MR) is 95.2 cm³/mol. The van der Waals surface area contributed by atoms with Crippen molar-refractivity contribution in [3.8, 4) is 5.75 Å². The molecule has 6 heteroatoms. The highest BCUT2D eigenvalue weighted by atomic mass is 79.9. The summed E-state index contributed by atoms with van der Waals surface area (Å²) < 4.78 is 6.09. The molecule has 1 heterocycles. The Kier molecular flexibility index (Phi) is 7.09. The molecule has 1 amide bonds. The highest BCUT2D eigenvalue weighted by Gasteiger charge is 2.26. The van der Waals surface area contributed by atoms with E-state index in [2.05, 4.69) is 15.9 Å². The largest absolute Gasteiger partial charge is 0.496 e. The second-order valence-electron chi connectivity index (χ2n) is 6.14. The van der Waals surface area contributed by atoms with E-state index in [-0.39, 0.29) is 18.4 Å². The number of aryl methyl sites for hydroxylation is 1. The summed E-state index contributed by atoms with van der Waals surface area (Å²) in [5.41, 5.74) is 1.08. The Morgan fingerprint density at radius 2 is 2.12 bits per heavy atom. The third-order valence-electron chi connectivity index (χ3n) is 4.48. The number of hydrogen-bond donors (Lipinski definition) is 1. The zero-order chi connectivity index (χ0) is 17.5. The van der Waals surface area contributed by atoms with Gasteiger partial charge < -0.3 is 14.7 Å². The average Bonchev–Trinajstić information content (AvgIpc) is 2.58. The van der Waals surface area contributed by atoms with E-state index in [9.17, 15) is 9.59 Å². The summed E-state index contributed by atoms with van der Waals surface area (Å²) in [6.45, 7) is 0.745. The Morgan fingerprint density at radius 3 is 2.79 bits per heavy atom. The molecule has 1 N–H and O–H groups in total. The molecule has 2 rings (SSSR count). The van der Waals surface area contributed by atoms with Gasteiger partial charge in [0.25, 0.3) is 0 Å². The van der Waals surface area contributed by atoms with Gasteiger partial charge in [0.05, 0.1) is 11.6 Å². The second kappa shape index (κ2) is 9.06. The molecule has 0 aromatic heterocycles. The molecule has 0 spiro atoms. The molecule has 0 radical (unpaired) electrons. The van der Waals surface area contributed by atoms with Gasteiger partial charge in [-0.25, -0.2) is 0 Å². The van der Waals surface area contributed by atoms with E-state index in [4.69, 9.17) is 9.84 Å². The number of likely N-dealkylation sites (tertiary alicyclic amines) is 1. The summed E-state index contributed by atoms with van der Waals surface area (Å²) >= 11 is 3.46. The summed E-state index contributed by atoms with van der Waals surface area (Å²) in [6, 6.07) is 5.91. The van der Waals surface area contributed by atoms with Gasteiger partial charge in [-0.2, -0.15) is 0 Å². The van der Waals surface area contributed by atoms with Crippen LogP contribution in [0.15, 0.2) is 22.7 Å². The smallest absolute Gasteiger partial charge is 0.303 e. The molecular weight excluding hydrogens is 374 g/mol. The first-order chi connectivity index (χ1) is 11.5. The number of aliphatic carboxylic acids is 1. The molecule has 1 unspecified atom stereocenters. The minimum absolute atomic E-state index is 0.0740.